The lowest BCUT2D eigenvalue weighted by molar-refractivity contribution is -0.118. The van der Waals surface area contributed by atoms with Crippen LogP contribution in [-0.2, 0) is 9.59 Å². The van der Waals surface area contributed by atoms with Gasteiger partial charge in [0.2, 0.25) is 11.8 Å². The molecule has 0 aromatic carbocycles. The number of nitrogens with two attached hydrogens (primary N) is 2. The topological polar surface area (TPSA) is 86.2 Å². The lowest BCUT2D eigenvalue weighted by Gasteiger charge is -2.13. The summed E-state index contributed by atoms with van der Waals surface area (Å²) in [6, 6.07) is 0. The Hall–Kier alpha value is 0.690. The number of carbonyl (C=O) groups excluding carboxylic acids is 2. The molecule has 0 aromatic heterocycles. The second-order valence-electron chi connectivity index (χ2n) is 6.58. The van der Waals surface area contributed by atoms with Gasteiger partial charge in [-0.05, 0) is 42.3 Å². The molecule has 0 aliphatic rings. The molecule has 0 spiro atoms. The number of amides is 2. The van der Waals surface area contributed by atoms with E-state index in [1.165, 1.54) is 73.0 Å². The summed E-state index contributed by atoms with van der Waals surface area (Å²) in [5.41, 5.74) is 11.0. The van der Waals surface area contributed by atoms with Crippen molar-refractivity contribution in [2.24, 2.45) is 11.5 Å². The van der Waals surface area contributed by atoms with Crippen molar-refractivity contribution in [2.75, 3.05) is 0 Å². The molecule has 4 nitrogen and oxygen atoms in total. The second kappa shape index (κ2) is 20.0. The maximum atomic E-state index is 11.6. The molecule has 9 heteroatoms. The molecule has 2 atom stereocenters. The third-order valence-corrected chi connectivity index (χ3v) is 13.4. The van der Waals surface area contributed by atoms with Crippen LogP contribution >= 0.6 is 51.1 Å². The third kappa shape index (κ3) is 17.3. The van der Waals surface area contributed by atoms with E-state index in [4.69, 9.17) is 11.5 Å². The molecule has 2 unspecified atom stereocenters. The Labute approximate surface area is 184 Å². The monoisotopic (exact) mass is 472 g/mol. The van der Waals surface area contributed by atoms with E-state index >= 15 is 0 Å². The van der Waals surface area contributed by atoms with Gasteiger partial charge in [-0.25, -0.2) is 0 Å². The summed E-state index contributed by atoms with van der Waals surface area (Å²) in [6.07, 6.45) is 13.5. The largest absolute Gasteiger partial charge is 0.369 e. The summed E-state index contributed by atoms with van der Waals surface area (Å²) < 4.78 is 0. The van der Waals surface area contributed by atoms with Gasteiger partial charge >= 0.3 is 0 Å². The van der Waals surface area contributed by atoms with E-state index in [9.17, 15) is 9.59 Å². The molecule has 0 saturated heterocycles. The number of hydrogen-bond donors (Lipinski definition) is 2. The van der Waals surface area contributed by atoms with Crippen LogP contribution < -0.4 is 11.5 Å². The van der Waals surface area contributed by atoms with Gasteiger partial charge in [-0.3, -0.25) is 9.59 Å². The minimum Gasteiger partial charge on any atom is -0.369 e. The molecular weight excluding hydrogens is 437 g/mol. The second-order valence-corrected chi connectivity index (χ2v) is 14.6. The normalized spacial score (nSPS) is 13.4. The maximum absolute atomic E-state index is 11.6. The van der Waals surface area contributed by atoms with Gasteiger partial charge in [0.15, 0.2) is 0 Å². The SMILES string of the molecule is CCCCCCCC(SSSSSC(CCCCCCC)C(N)=O)C(N)=O. The fourth-order valence-electron chi connectivity index (χ4n) is 2.48. The summed E-state index contributed by atoms with van der Waals surface area (Å²) in [6.45, 7) is 4.39. The highest BCUT2D eigenvalue weighted by atomic mass is 33.8. The molecule has 0 rings (SSSR count). The molecule has 27 heavy (non-hydrogen) atoms. The average Bonchev–Trinajstić information content (AvgIpc) is 2.63. The van der Waals surface area contributed by atoms with Crippen molar-refractivity contribution in [1.82, 2.24) is 0 Å². The van der Waals surface area contributed by atoms with E-state index in [0.717, 1.165) is 25.7 Å². The van der Waals surface area contributed by atoms with E-state index < -0.39 is 0 Å². The standard InChI is InChI=1S/C18H36N2O2S5/c1-3-5-7-9-11-13-15(17(19)21)23-25-27-26-24-16(18(20)22)14-12-10-8-6-4-2/h15-16H,3-14H2,1-2H3,(H2,19,21)(H2,20,22). The Bertz CT molecular complexity index is 355. The Balaban J connectivity index is 3.88. The molecule has 0 aliphatic carbocycles. The fourth-order valence-corrected chi connectivity index (χ4v) is 12.1. The Morgan fingerprint density at radius 3 is 1.33 bits per heavy atom. The maximum Gasteiger partial charge on any atom is 0.231 e. The molecule has 160 valence electrons. The minimum absolute atomic E-state index is 0.139. The van der Waals surface area contributed by atoms with Gasteiger partial charge in [-0.1, -0.05) is 99.6 Å². The van der Waals surface area contributed by atoms with Gasteiger partial charge in [0.05, 0.1) is 10.5 Å². The van der Waals surface area contributed by atoms with Crippen molar-refractivity contribution in [1.29, 1.82) is 0 Å². The summed E-state index contributed by atoms with van der Waals surface area (Å²) >= 11 is 0. The van der Waals surface area contributed by atoms with E-state index in [1.54, 1.807) is 29.5 Å². The lowest BCUT2D eigenvalue weighted by Crippen LogP contribution is -2.25. The van der Waals surface area contributed by atoms with Gasteiger partial charge in [-0.15, -0.1) is 0 Å². The zero-order valence-electron chi connectivity index (χ0n) is 16.7. The number of carbonyl (C=O) groups is 2. The number of rotatable bonds is 20. The van der Waals surface area contributed by atoms with Crippen molar-refractivity contribution >= 4 is 62.9 Å². The number of unbranched alkanes of at least 4 members (excludes halogenated alkanes) is 8. The predicted molar refractivity (Wildman–Crippen MR) is 131 cm³/mol. The average molecular weight is 473 g/mol. The molecule has 0 fully saturated rings. The predicted octanol–water partition coefficient (Wildman–Crippen LogP) is 6.74. The molecule has 0 aliphatic heterocycles. The molecule has 4 N–H and O–H groups in total. The molecule has 0 heterocycles. The summed E-state index contributed by atoms with van der Waals surface area (Å²) in [5.74, 6) is -0.466. The van der Waals surface area contributed by atoms with E-state index in [-0.39, 0.29) is 22.3 Å². The smallest absolute Gasteiger partial charge is 0.231 e. The number of hydrogen-bond acceptors (Lipinski definition) is 7. The fraction of sp³-hybridized carbons (Fsp3) is 0.889. The molecule has 0 radical (unpaired) electrons. The van der Waals surface area contributed by atoms with Crippen molar-refractivity contribution in [3.63, 3.8) is 0 Å². The van der Waals surface area contributed by atoms with Crippen LogP contribution in [0.25, 0.3) is 0 Å². The van der Waals surface area contributed by atoms with Crippen LogP contribution in [0, 0.1) is 0 Å². The molecule has 0 bridgehead atoms. The first-order valence-corrected chi connectivity index (χ1v) is 16.2. The summed E-state index contributed by atoms with van der Waals surface area (Å²) in [4.78, 5) is 23.2. The zero-order valence-corrected chi connectivity index (χ0v) is 20.7. The van der Waals surface area contributed by atoms with Gasteiger partial charge in [0, 0.05) is 0 Å². The first-order valence-electron chi connectivity index (χ1n) is 9.93. The van der Waals surface area contributed by atoms with Crippen molar-refractivity contribution in [3.8, 4) is 0 Å². The van der Waals surface area contributed by atoms with Crippen molar-refractivity contribution in [2.45, 2.75) is 101 Å². The first-order chi connectivity index (χ1) is 13.0. The Kier molecular flexibility index (Phi) is 20.5. The van der Waals surface area contributed by atoms with Gasteiger partial charge in [0.25, 0.3) is 0 Å². The quantitative estimate of drug-likeness (QED) is 0.150. The van der Waals surface area contributed by atoms with Crippen LogP contribution in [0.4, 0.5) is 0 Å². The highest BCUT2D eigenvalue weighted by Crippen LogP contribution is 2.51. The molecule has 0 aromatic rings. The van der Waals surface area contributed by atoms with Crippen LogP contribution in [-0.4, -0.2) is 22.3 Å². The molecular formula is C18H36N2O2S5. The summed E-state index contributed by atoms with van der Waals surface area (Å²) in [7, 11) is 7.79. The van der Waals surface area contributed by atoms with Crippen LogP contribution in [0.2, 0.25) is 0 Å². The van der Waals surface area contributed by atoms with Crippen LogP contribution in [0.1, 0.15) is 90.9 Å². The minimum atomic E-state index is -0.233. The molecule has 0 saturated carbocycles. The third-order valence-electron chi connectivity index (χ3n) is 4.14. The van der Waals surface area contributed by atoms with Gasteiger partial charge in [-0.2, -0.15) is 0 Å². The summed E-state index contributed by atoms with van der Waals surface area (Å²) in [5, 5.41) is -0.277. The first kappa shape index (κ1) is 27.7. The Morgan fingerprint density at radius 1 is 0.630 bits per heavy atom. The van der Waals surface area contributed by atoms with Crippen LogP contribution in [0.5, 0.6) is 0 Å². The molecule has 2 amide bonds. The van der Waals surface area contributed by atoms with E-state index in [2.05, 4.69) is 13.8 Å². The van der Waals surface area contributed by atoms with Crippen molar-refractivity contribution < 1.29 is 9.59 Å². The highest BCUT2D eigenvalue weighted by Gasteiger charge is 2.18. The van der Waals surface area contributed by atoms with E-state index in [1.807, 2.05) is 0 Å². The lowest BCUT2D eigenvalue weighted by atomic mass is 10.1. The van der Waals surface area contributed by atoms with Crippen molar-refractivity contribution in [3.05, 3.63) is 0 Å². The number of primary amides is 2. The Morgan fingerprint density at radius 2 is 1.00 bits per heavy atom. The van der Waals surface area contributed by atoms with Gasteiger partial charge < -0.3 is 11.5 Å². The highest BCUT2D eigenvalue weighted by molar-refractivity contribution is 9.35. The van der Waals surface area contributed by atoms with E-state index in [0.29, 0.717) is 0 Å². The van der Waals surface area contributed by atoms with Crippen LogP contribution in [0.3, 0.4) is 0 Å². The zero-order chi connectivity index (χ0) is 20.3. The van der Waals surface area contributed by atoms with Gasteiger partial charge in [0.1, 0.15) is 0 Å². The van der Waals surface area contributed by atoms with Crippen LogP contribution in [0.15, 0.2) is 0 Å².